The van der Waals surface area contributed by atoms with Gasteiger partial charge >= 0.3 is 5.97 Å². The number of methoxy groups -OCH3 is 1. The van der Waals surface area contributed by atoms with E-state index in [9.17, 15) is 14.9 Å². The Bertz CT molecular complexity index is 229. The lowest BCUT2D eigenvalue weighted by molar-refractivity contribution is -0.535. The molecule has 0 aromatic carbocycles. The molecule has 80 valence electrons. The van der Waals surface area contributed by atoms with Crippen molar-refractivity contribution in [3.63, 3.8) is 0 Å². The van der Waals surface area contributed by atoms with Crippen molar-refractivity contribution in [2.75, 3.05) is 7.11 Å². The van der Waals surface area contributed by atoms with Gasteiger partial charge in [0.25, 0.3) is 0 Å². The number of ether oxygens (including phenoxy) is 1. The summed E-state index contributed by atoms with van der Waals surface area (Å²) in [6, 6.07) is -0.553. The molecule has 0 radical (unpaired) electrons. The first kappa shape index (κ1) is 10.9. The average Bonchev–Trinajstić information content (AvgIpc) is 2.18. The largest absolute Gasteiger partial charge is 0.469 e. The van der Waals surface area contributed by atoms with Crippen LogP contribution in [-0.2, 0) is 9.53 Å². The number of hydrogen-bond acceptors (Lipinski definition) is 4. The third-order valence-corrected chi connectivity index (χ3v) is 2.80. The minimum Gasteiger partial charge on any atom is -0.469 e. The molecule has 0 bridgehead atoms. The van der Waals surface area contributed by atoms with E-state index in [-0.39, 0.29) is 23.2 Å². The molecule has 0 aromatic heterocycles. The first-order chi connectivity index (χ1) is 6.65. The zero-order chi connectivity index (χ0) is 10.6. The van der Waals surface area contributed by atoms with E-state index in [1.807, 2.05) is 0 Å². The fraction of sp³-hybridized carbons (Fsp3) is 0.889. The van der Waals surface area contributed by atoms with Crippen LogP contribution in [0.25, 0.3) is 0 Å². The number of hydrogen-bond donors (Lipinski definition) is 0. The predicted molar refractivity (Wildman–Crippen MR) is 49.4 cm³/mol. The van der Waals surface area contributed by atoms with Gasteiger partial charge in [0, 0.05) is 17.3 Å². The monoisotopic (exact) mass is 201 g/mol. The van der Waals surface area contributed by atoms with Crippen molar-refractivity contribution in [3.8, 4) is 0 Å². The first-order valence-corrected chi connectivity index (χ1v) is 4.85. The second-order valence-corrected chi connectivity index (χ2v) is 3.68. The second-order valence-electron chi connectivity index (χ2n) is 3.68. The summed E-state index contributed by atoms with van der Waals surface area (Å²) < 4.78 is 4.52. The predicted octanol–water partition coefficient (Wildman–Crippen LogP) is 1.38. The molecule has 2 atom stereocenters. The van der Waals surface area contributed by atoms with Crippen LogP contribution in [-0.4, -0.2) is 24.0 Å². The van der Waals surface area contributed by atoms with Gasteiger partial charge in [0.15, 0.2) is 0 Å². The molecule has 1 aliphatic rings. The lowest BCUT2D eigenvalue weighted by atomic mass is 9.83. The highest BCUT2D eigenvalue weighted by molar-refractivity contribution is 5.69. The highest BCUT2D eigenvalue weighted by Gasteiger charge is 2.35. The Balaban J connectivity index is 2.54. The molecule has 5 nitrogen and oxygen atoms in total. The second kappa shape index (κ2) is 4.93. The van der Waals surface area contributed by atoms with E-state index in [1.165, 1.54) is 7.11 Å². The van der Waals surface area contributed by atoms with Crippen LogP contribution in [0, 0.1) is 16.0 Å². The molecule has 0 aromatic rings. The van der Waals surface area contributed by atoms with Crippen molar-refractivity contribution in [1.29, 1.82) is 0 Å². The number of carbonyl (C=O) groups excluding carboxylic acids is 1. The Hall–Kier alpha value is -1.13. The van der Waals surface area contributed by atoms with E-state index in [0.717, 1.165) is 19.3 Å². The van der Waals surface area contributed by atoms with Gasteiger partial charge in [0.2, 0.25) is 6.04 Å². The van der Waals surface area contributed by atoms with Crippen LogP contribution in [0.5, 0.6) is 0 Å². The van der Waals surface area contributed by atoms with Crippen LogP contribution in [0.2, 0.25) is 0 Å². The van der Waals surface area contributed by atoms with Gasteiger partial charge in [-0.25, -0.2) is 0 Å². The van der Waals surface area contributed by atoms with Crippen molar-refractivity contribution >= 4 is 5.97 Å². The van der Waals surface area contributed by atoms with E-state index in [4.69, 9.17) is 0 Å². The van der Waals surface area contributed by atoms with E-state index in [1.54, 1.807) is 0 Å². The van der Waals surface area contributed by atoms with Crippen LogP contribution in [0.3, 0.4) is 0 Å². The summed E-state index contributed by atoms with van der Waals surface area (Å²) >= 11 is 0. The Morgan fingerprint density at radius 2 is 2.14 bits per heavy atom. The summed E-state index contributed by atoms with van der Waals surface area (Å²) in [6.45, 7) is 0. The first-order valence-electron chi connectivity index (χ1n) is 4.85. The molecular weight excluding hydrogens is 186 g/mol. The zero-order valence-corrected chi connectivity index (χ0v) is 8.27. The minimum absolute atomic E-state index is 0.133. The maximum Gasteiger partial charge on any atom is 0.306 e. The Morgan fingerprint density at radius 3 is 2.71 bits per heavy atom. The van der Waals surface area contributed by atoms with Crippen LogP contribution < -0.4 is 0 Å². The summed E-state index contributed by atoms with van der Waals surface area (Å²) in [5.41, 5.74) is 0. The molecule has 1 saturated carbocycles. The number of rotatable bonds is 3. The van der Waals surface area contributed by atoms with Gasteiger partial charge in [-0.3, -0.25) is 14.9 Å². The van der Waals surface area contributed by atoms with Crippen molar-refractivity contribution in [3.05, 3.63) is 10.1 Å². The van der Waals surface area contributed by atoms with Gasteiger partial charge < -0.3 is 4.74 Å². The summed E-state index contributed by atoms with van der Waals surface area (Å²) in [7, 11) is 1.31. The van der Waals surface area contributed by atoms with Gasteiger partial charge in [0.05, 0.1) is 13.5 Å². The molecule has 1 fully saturated rings. The smallest absolute Gasteiger partial charge is 0.306 e. The molecule has 14 heavy (non-hydrogen) atoms. The van der Waals surface area contributed by atoms with E-state index >= 15 is 0 Å². The van der Waals surface area contributed by atoms with Crippen LogP contribution in [0.15, 0.2) is 0 Å². The van der Waals surface area contributed by atoms with Gasteiger partial charge in [-0.15, -0.1) is 0 Å². The standard InChI is InChI=1S/C9H15NO4/c1-14-9(11)6-7-4-2-3-5-8(7)10(12)13/h7-8H,2-6H2,1H3/t7-,8+/m1/s1. The molecule has 0 saturated heterocycles. The number of nitro groups is 1. The van der Waals surface area contributed by atoms with Crippen molar-refractivity contribution in [2.45, 2.75) is 38.1 Å². The Kier molecular flexibility index (Phi) is 3.85. The lowest BCUT2D eigenvalue weighted by Crippen LogP contribution is -2.33. The molecule has 0 heterocycles. The molecule has 0 N–H and O–H groups in total. The Morgan fingerprint density at radius 1 is 1.50 bits per heavy atom. The minimum atomic E-state index is -0.553. The molecule has 0 aliphatic heterocycles. The summed E-state index contributed by atoms with van der Waals surface area (Å²) in [5.74, 6) is -0.477. The van der Waals surface area contributed by atoms with Gasteiger partial charge in [0.1, 0.15) is 0 Å². The summed E-state index contributed by atoms with van der Waals surface area (Å²) in [6.07, 6.45) is 3.41. The van der Waals surface area contributed by atoms with Crippen LogP contribution in [0.4, 0.5) is 0 Å². The molecule has 0 spiro atoms. The molecule has 1 rings (SSSR count). The van der Waals surface area contributed by atoms with E-state index in [2.05, 4.69) is 4.74 Å². The van der Waals surface area contributed by atoms with Crippen molar-refractivity contribution in [1.82, 2.24) is 0 Å². The number of carbonyl (C=O) groups is 1. The SMILES string of the molecule is COC(=O)C[C@H]1CCCC[C@@H]1[N+](=O)[O-]. The summed E-state index contributed by atoms with van der Waals surface area (Å²) in [5, 5.41) is 10.7. The van der Waals surface area contributed by atoms with Gasteiger partial charge in [-0.1, -0.05) is 6.42 Å². The molecule has 5 heteroatoms. The topological polar surface area (TPSA) is 69.4 Å². The molecule has 0 unspecified atom stereocenters. The van der Waals surface area contributed by atoms with E-state index in [0.29, 0.717) is 6.42 Å². The highest BCUT2D eigenvalue weighted by Crippen LogP contribution is 2.29. The third-order valence-electron chi connectivity index (χ3n) is 2.80. The average molecular weight is 201 g/mol. The molecular formula is C9H15NO4. The van der Waals surface area contributed by atoms with E-state index < -0.39 is 6.04 Å². The molecule has 0 amide bonds. The maximum absolute atomic E-state index is 11.0. The van der Waals surface area contributed by atoms with Crippen LogP contribution in [0.1, 0.15) is 32.1 Å². The number of nitrogens with zero attached hydrogens (tertiary/aromatic N) is 1. The fourth-order valence-electron chi connectivity index (χ4n) is 2.00. The third kappa shape index (κ3) is 2.68. The van der Waals surface area contributed by atoms with Gasteiger partial charge in [-0.2, -0.15) is 0 Å². The van der Waals surface area contributed by atoms with Gasteiger partial charge in [-0.05, 0) is 12.8 Å². The Labute approximate surface area is 82.6 Å². The van der Waals surface area contributed by atoms with Crippen LogP contribution >= 0.6 is 0 Å². The summed E-state index contributed by atoms with van der Waals surface area (Å²) in [4.78, 5) is 21.4. The number of esters is 1. The normalized spacial score (nSPS) is 26.9. The quantitative estimate of drug-likeness (QED) is 0.393. The lowest BCUT2D eigenvalue weighted by Gasteiger charge is -2.24. The van der Waals surface area contributed by atoms with Crippen molar-refractivity contribution in [2.24, 2.45) is 5.92 Å². The maximum atomic E-state index is 11.0. The highest BCUT2D eigenvalue weighted by atomic mass is 16.6. The fourth-order valence-corrected chi connectivity index (χ4v) is 2.00. The molecule has 1 aliphatic carbocycles. The van der Waals surface area contributed by atoms with Crippen molar-refractivity contribution < 1.29 is 14.5 Å². The zero-order valence-electron chi connectivity index (χ0n) is 8.27.